The summed E-state index contributed by atoms with van der Waals surface area (Å²) in [6, 6.07) is 0.888. The van der Waals surface area contributed by atoms with Crippen LogP contribution in [0.4, 0.5) is 0 Å². The van der Waals surface area contributed by atoms with Crippen LogP contribution in [0.5, 0.6) is 0 Å². The van der Waals surface area contributed by atoms with E-state index >= 15 is 0 Å². The molecule has 1 saturated carbocycles. The molecule has 76 valence electrons. The summed E-state index contributed by atoms with van der Waals surface area (Å²) in [7, 11) is 0. The molecule has 0 amide bonds. The van der Waals surface area contributed by atoms with E-state index in [4.69, 9.17) is 0 Å². The molecule has 2 heteroatoms. The molecule has 1 aliphatic carbocycles. The first-order valence-electron chi connectivity index (χ1n) is 5.48. The maximum Gasteiger partial charge on any atom is 0.0465 e. The van der Waals surface area contributed by atoms with E-state index in [2.05, 4.69) is 18.7 Å². The zero-order valence-corrected chi connectivity index (χ0v) is 8.79. The van der Waals surface area contributed by atoms with Gasteiger partial charge in [0.2, 0.25) is 0 Å². The molecule has 1 saturated heterocycles. The molecule has 0 bridgehead atoms. The summed E-state index contributed by atoms with van der Waals surface area (Å²) in [5.41, 5.74) is 0.315. The van der Waals surface area contributed by atoms with Gasteiger partial charge in [-0.3, -0.25) is 4.90 Å². The molecule has 2 aliphatic rings. The average Bonchev–Trinajstić information content (AvgIpc) is 2.84. The first-order valence-corrected chi connectivity index (χ1v) is 5.48. The van der Waals surface area contributed by atoms with Crippen LogP contribution in [0.1, 0.15) is 33.1 Å². The van der Waals surface area contributed by atoms with E-state index in [9.17, 15) is 5.11 Å². The largest absolute Gasteiger partial charge is 0.396 e. The van der Waals surface area contributed by atoms with E-state index < -0.39 is 0 Å². The number of hydrogen-bond acceptors (Lipinski definition) is 2. The minimum absolute atomic E-state index is 0.315. The molecule has 1 heterocycles. The molecule has 2 fully saturated rings. The van der Waals surface area contributed by atoms with Gasteiger partial charge in [-0.25, -0.2) is 0 Å². The number of piperidine rings is 1. The maximum atomic E-state index is 9.25. The molecule has 2 nitrogen and oxygen atoms in total. The number of aliphatic hydroxyl groups excluding tert-OH is 1. The fraction of sp³-hybridized carbons (Fsp3) is 1.00. The molecule has 13 heavy (non-hydrogen) atoms. The van der Waals surface area contributed by atoms with Gasteiger partial charge in [-0.2, -0.15) is 0 Å². The SMILES string of the molecule is CC1(C)CN(C2CC2)CCC1CO. The van der Waals surface area contributed by atoms with Crippen LogP contribution in [0.15, 0.2) is 0 Å². The lowest BCUT2D eigenvalue weighted by Gasteiger charge is -2.43. The predicted molar refractivity (Wildman–Crippen MR) is 53.6 cm³/mol. The van der Waals surface area contributed by atoms with E-state index in [1.165, 1.54) is 32.4 Å². The lowest BCUT2D eigenvalue weighted by Crippen LogP contribution is -2.47. The fourth-order valence-corrected chi connectivity index (χ4v) is 2.53. The Morgan fingerprint density at radius 1 is 1.31 bits per heavy atom. The van der Waals surface area contributed by atoms with Gasteiger partial charge in [-0.15, -0.1) is 0 Å². The van der Waals surface area contributed by atoms with E-state index in [1.54, 1.807) is 0 Å². The maximum absolute atomic E-state index is 9.25. The van der Waals surface area contributed by atoms with Gasteiger partial charge in [0.1, 0.15) is 0 Å². The Morgan fingerprint density at radius 2 is 2.00 bits per heavy atom. The Balaban J connectivity index is 1.96. The molecule has 0 radical (unpaired) electrons. The third-order valence-corrected chi connectivity index (χ3v) is 3.76. The quantitative estimate of drug-likeness (QED) is 0.701. The minimum atomic E-state index is 0.315. The Hall–Kier alpha value is -0.0800. The Labute approximate surface area is 80.9 Å². The van der Waals surface area contributed by atoms with Crippen molar-refractivity contribution >= 4 is 0 Å². The van der Waals surface area contributed by atoms with Crippen LogP contribution in [0.25, 0.3) is 0 Å². The van der Waals surface area contributed by atoms with Crippen LogP contribution in [0, 0.1) is 11.3 Å². The Bertz CT molecular complexity index is 187. The molecule has 1 unspecified atom stereocenters. The molecule has 1 atom stereocenters. The summed E-state index contributed by atoms with van der Waals surface area (Å²) in [5.74, 6) is 0.516. The first kappa shape index (κ1) is 9.47. The number of nitrogens with zero attached hydrogens (tertiary/aromatic N) is 1. The number of rotatable bonds is 2. The number of aliphatic hydroxyl groups is 1. The topological polar surface area (TPSA) is 23.5 Å². The average molecular weight is 183 g/mol. The predicted octanol–water partition coefficient (Wildman–Crippen LogP) is 1.49. The summed E-state index contributed by atoms with van der Waals surface area (Å²) in [5, 5.41) is 9.25. The summed E-state index contributed by atoms with van der Waals surface area (Å²) in [6.07, 6.45) is 3.99. The van der Waals surface area contributed by atoms with Crippen molar-refractivity contribution < 1.29 is 5.11 Å². The smallest absolute Gasteiger partial charge is 0.0465 e. The van der Waals surface area contributed by atoms with Gasteiger partial charge in [0, 0.05) is 19.2 Å². The van der Waals surface area contributed by atoms with Gasteiger partial charge < -0.3 is 5.11 Å². The van der Waals surface area contributed by atoms with Crippen molar-refractivity contribution in [3.05, 3.63) is 0 Å². The van der Waals surface area contributed by atoms with Crippen LogP contribution in [0.2, 0.25) is 0 Å². The van der Waals surface area contributed by atoms with Crippen LogP contribution >= 0.6 is 0 Å². The second-order valence-electron chi connectivity index (χ2n) is 5.36. The third-order valence-electron chi connectivity index (χ3n) is 3.76. The summed E-state index contributed by atoms with van der Waals surface area (Å²) in [6.45, 7) is 7.35. The van der Waals surface area contributed by atoms with Crippen molar-refractivity contribution in [3.8, 4) is 0 Å². The fourth-order valence-electron chi connectivity index (χ4n) is 2.53. The monoisotopic (exact) mass is 183 g/mol. The summed E-state index contributed by atoms with van der Waals surface area (Å²) in [4.78, 5) is 2.62. The van der Waals surface area contributed by atoms with Gasteiger partial charge >= 0.3 is 0 Å². The van der Waals surface area contributed by atoms with Gasteiger partial charge in [0.25, 0.3) is 0 Å². The van der Waals surface area contributed by atoms with Crippen LogP contribution in [0.3, 0.4) is 0 Å². The van der Waals surface area contributed by atoms with Gasteiger partial charge in [-0.05, 0) is 37.1 Å². The van der Waals surface area contributed by atoms with Crippen molar-refractivity contribution in [3.63, 3.8) is 0 Å². The standard InChI is InChI=1S/C11H21NO/c1-11(2)8-12(10-3-4-10)6-5-9(11)7-13/h9-10,13H,3-8H2,1-2H3. The van der Waals surface area contributed by atoms with E-state index in [-0.39, 0.29) is 0 Å². The Morgan fingerprint density at radius 3 is 2.46 bits per heavy atom. The molecule has 0 spiro atoms. The normalized spacial score (nSPS) is 34.8. The summed E-state index contributed by atoms with van der Waals surface area (Å²) >= 11 is 0. The van der Waals surface area contributed by atoms with Crippen molar-refractivity contribution in [2.24, 2.45) is 11.3 Å². The van der Waals surface area contributed by atoms with Gasteiger partial charge in [0.05, 0.1) is 0 Å². The van der Waals surface area contributed by atoms with Crippen molar-refractivity contribution in [1.82, 2.24) is 4.90 Å². The summed E-state index contributed by atoms with van der Waals surface area (Å²) < 4.78 is 0. The van der Waals surface area contributed by atoms with Gasteiger partial charge in [-0.1, -0.05) is 13.8 Å². The minimum Gasteiger partial charge on any atom is -0.396 e. The number of likely N-dealkylation sites (tertiary alicyclic amines) is 1. The highest BCUT2D eigenvalue weighted by molar-refractivity contribution is 4.93. The van der Waals surface area contributed by atoms with Crippen LogP contribution in [-0.2, 0) is 0 Å². The van der Waals surface area contributed by atoms with E-state index in [0.717, 1.165) is 6.04 Å². The molecule has 0 aromatic rings. The highest BCUT2D eigenvalue weighted by atomic mass is 16.3. The van der Waals surface area contributed by atoms with Crippen molar-refractivity contribution in [1.29, 1.82) is 0 Å². The molecule has 2 rings (SSSR count). The molecule has 1 aliphatic heterocycles. The first-order chi connectivity index (χ1) is 6.13. The van der Waals surface area contributed by atoms with Gasteiger partial charge in [0.15, 0.2) is 0 Å². The third kappa shape index (κ3) is 1.89. The zero-order chi connectivity index (χ0) is 9.47. The number of hydrogen-bond donors (Lipinski definition) is 1. The van der Waals surface area contributed by atoms with E-state index in [1.807, 2.05) is 0 Å². The Kier molecular flexibility index (Phi) is 2.37. The van der Waals surface area contributed by atoms with E-state index in [0.29, 0.717) is 17.9 Å². The van der Waals surface area contributed by atoms with Crippen molar-refractivity contribution in [2.45, 2.75) is 39.2 Å². The van der Waals surface area contributed by atoms with Crippen LogP contribution < -0.4 is 0 Å². The molecule has 0 aromatic heterocycles. The lowest BCUT2D eigenvalue weighted by atomic mass is 9.74. The molecular weight excluding hydrogens is 162 g/mol. The van der Waals surface area contributed by atoms with Crippen LogP contribution in [-0.4, -0.2) is 35.7 Å². The molecule has 1 N–H and O–H groups in total. The lowest BCUT2D eigenvalue weighted by molar-refractivity contribution is 0.0177. The highest BCUT2D eigenvalue weighted by Crippen LogP contribution is 2.39. The second-order valence-corrected chi connectivity index (χ2v) is 5.36. The molecule has 0 aromatic carbocycles. The molecular formula is C11H21NO. The highest BCUT2D eigenvalue weighted by Gasteiger charge is 2.40. The zero-order valence-electron chi connectivity index (χ0n) is 8.79. The van der Waals surface area contributed by atoms with Crippen molar-refractivity contribution in [2.75, 3.05) is 19.7 Å². The second kappa shape index (κ2) is 3.25.